The monoisotopic (exact) mass is 182 g/mol. The molecule has 0 aliphatic rings. The van der Waals surface area contributed by atoms with E-state index in [1.165, 1.54) is 0 Å². The Morgan fingerprint density at radius 2 is 2.00 bits per heavy atom. The Balaban J connectivity index is 2.52. The maximum absolute atomic E-state index is 5.81. The van der Waals surface area contributed by atoms with Crippen molar-refractivity contribution in [3.63, 3.8) is 0 Å². The smallest absolute Gasteiger partial charge is 0.190 e. The van der Waals surface area contributed by atoms with Crippen LogP contribution >= 0.6 is 11.6 Å². The molecule has 0 aromatic heterocycles. The molecule has 0 radical (unpaired) electrons. The zero-order chi connectivity index (χ0) is 8.81. The van der Waals surface area contributed by atoms with Crippen LogP contribution in [0.4, 0.5) is 0 Å². The SMILES string of the molecule is CC=CC(Cl)Oc1ccccc1. The molecule has 0 aliphatic carbocycles. The highest BCUT2D eigenvalue weighted by Gasteiger charge is 1.98. The largest absolute Gasteiger partial charge is 0.471 e. The van der Waals surface area contributed by atoms with Gasteiger partial charge in [0.1, 0.15) is 5.75 Å². The quantitative estimate of drug-likeness (QED) is 0.515. The first-order valence-corrected chi connectivity index (χ1v) is 4.25. The Morgan fingerprint density at radius 3 is 2.58 bits per heavy atom. The van der Waals surface area contributed by atoms with Gasteiger partial charge in [0.05, 0.1) is 0 Å². The predicted molar refractivity (Wildman–Crippen MR) is 51.5 cm³/mol. The van der Waals surface area contributed by atoms with Crippen molar-refractivity contribution < 1.29 is 4.74 Å². The van der Waals surface area contributed by atoms with Crippen LogP contribution in [0.3, 0.4) is 0 Å². The van der Waals surface area contributed by atoms with Gasteiger partial charge < -0.3 is 4.74 Å². The molecule has 64 valence electrons. The minimum absolute atomic E-state index is 0.377. The van der Waals surface area contributed by atoms with Gasteiger partial charge in [0, 0.05) is 0 Å². The van der Waals surface area contributed by atoms with Gasteiger partial charge in [-0.3, -0.25) is 0 Å². The maximum Gasteiger partial charge on any atom is 0.190 e. The Bertz CT molecular complexity index is 243. The summed E-state index contributed by atoms with van der Waals surface area (Å²) >= 11 is 5.81. The lowest BCUT2D eigenvalue weighted by Gasteiger charge is -2.07. The van der Waals surface area contributed by atoms with E-state index in [-0.39, 0.29) is 5.56 Å². The van der Waals surface area contributed by atoms with E-state index >= 15 is 0 Å². The third-order valence-corrected chi connectivity index (χ3v) is 1.57. The second kappa shape index (κ2) is 4.83. The van der Waals surface area contributed by atoms with Crippen LogP contribution < -0.4 is 4.74 Å². The van der Waals surface area contributed by atoms with Gasteiger partial charge in [0.2, 0.25) is 0 Å². The van der Waals surface area contributed by atoms with Crippen molar-refractivity contribution in [2.24, 2.45) is 0 Å². The number of alkyl halides is 1. The van der Waals surface area contributed by atoms with Crippen LogP contribution in [0.25, 0.3) is 0 Å². The van der Waals surface area contributed by atoms with E-state index in [1.54, 1.807) is 6.08 Å². The normalized spacial score (nSPS) is 13.2. The number of allylic oxidation sites excluding steroid dienone is 1. The average molecular weight is 183 g/mol. The zero-order valence-corrected chi connectivity index (χ0v) is 7.66. The van der Waals surface area contributed by atoms with E-state index in [0.29, 0.717) is 0 Å². The molecule has 0 saturated carbocycles. The summed E-state index contributed by atoms with van der Waals surface area (Å²) in [5, 5.41) is 0. The summed E-state index contributed by atoms with van der Waals surface area (Å²) < 4.78 is 5.33. The molecule has 0 heterocycles. The fourth-order valence-electron chi connectivity index (χ4n) is 0.820. The van der Waals surface area contributed by atoms with E-state index in [1.807, 2.05) is 43.3 Å². The van der Waals surface area contributed by atoms with Gasteiger partial charge >= 0.3 is 0 Å². The Labute approximate surface area is 77.6 Å². The van der Waals surface area contributed by atoms with Crippen molar-refractivity contribution in [1.29, 1.82) is 0 Å². The van der Waals surface area contributed by atoms with Crippen molar-refractivity contribution >= 4 is 11.6 Å². The Hall–Kier alpha value is -0.950. The van der Waals surface area contributed by atoms with E-state index in [9.17, 15) is 0 Å². The maximum atomic E-state index is 5.81. The van der Waals surface area contributed by atoms with Crippen LogP contribution in [0.1, 0.15) is 6.92 Å². The van der Waals surface area contributed by atoms with Crippen LogP contribution in [0, 0.1) is 0 Å². The molecule has 2 heteroatoms. The minimum atomic E-state index is -0.377. The van der Waals surface area contributed by atoms with Gasteiger partial charge in [-0.15, -0.1) is 0 Å². The fourth-order valence-corrected chi connectivity index (χ4v) is 1.07. The van der Waals surface area contributed by atoms with Gasteiger partial charge in [0.15, 0.2) is 5.56 Å². The fraction of sp³-hybridized carbons (Fsp3) is 0.200. The van der Waals surface area contributed by atoms with Gasteiger partial charge in [-0.2, -0.15) is 0 Å². The topological polar surface area (TPSA) is 9.23 Å². The lowest BCUT2D eigenvalue weighted by Crippen LogP contribution is -2.03. The van der Waals surface area contributed by atoms with E-state index in [2.05, 4.69) is 0 Å². The van der Waals surface area contributed by atoms with Gasteiger partial charge in [-0.1, -0.05) is 35.9 Å². The molecule has 0 bridgehead atoms. The van der Waals surface area contributed by atoms with Gasteiger partial charge in [-0.25, -0.2) is 0 Å². The first kappa shape index (κ1) is 9.14. The van der Waals surface area contributed by atoms with Crippen molar-refractivity contribution in [1.82, 2.24) is 0 Å². The van der Waals surface area contributed by atoms with Crippen LogP contribution in [0.15, 0.2) is 42.5 Å². The molecule has 12 heavy (non-hydrogen) atoms. The lowest BCUT2D eigenvalue weighted by molar-refractivity contribution is 0.326. The number of hydrogen-bond acceptors (Lipinski definition) is 1. The first-order valence-electron chi connectivity index (χ1n) is 3.81. The first-order chi connectivity index (χ1) is 5.83. The molecule has 0 fully saturated rings. The highest BCUT2D eigenvalue weighted by Crippen LogP contribution is 2.12. The van der Waals surface area contributed by atoms with Crippen molar-refractivity contribution in [3.8, 4) is 5.75 Å². The summed E-state index contributed by atoms with van der Waals surface area (Å²) in [5.41, 5.74) is -0.377. The van der Waals surface area contributed by atoms with E-state index < -0.39 is 0 Å². The van der Waals surface area contributed by atoms with Crippen LogP contribution in [-0.4, -0.2) is 5.56 Å². The number of benzene rings is 1. The van der Waals surface area contributed by atoms with E-state index in [0.717, 1.165) is 5.75 Å². The number of rotatable bonds is 3. The average Bonchev–Trinajstić information content (AvgIpc) is 2.06. The summed E-state index contributed by atoms with van der Waals surface area (Å²) in [4.78, 5) is 0. The molecule has 0 N–H and O–H groups in total. The number of para-hydroxylation sites is 1. The minimum Gasteiger partial charge on any atom is -0.471 e. The Kier molecular flexibility index (Phi) is 3.68. The molecule has 1 aromatic carbocycles. The molecule has 0 amide bonds. The molecule has 0 spiro atoms. The highest BCUT2D eigenvalue weighted by molar-refractivity contribution is 6.20. The number of halogens is 1. The summed E-state index contributed by atoms with van der Waals surface area (Å²) in [6.45, 7) is 1.91. The molecule has 0 saturated heterocycles. The van der Waals surface area contributed by atoms with Gasteiger partial charge in [-0.05, 0) is 25.1 Å². The molecular weight excluding hydrogens is 172 g/mol. The standard InChI is InChI=1S/C10H11ClO/c1-2-6-10(11)12-9-7-4-3-5-8-9/h2-8,10H,1H3. The summed E-state index contributed by atoms with van der Waals surface area (Å²) in [6.07, 6.45) is 3.65. The molecular formula is C10H11ClO. The van der Waals surface area contributed by atoms with Crippen LogP contribution in [0.2, 0.25) is 0 Å². The lowest BCUT2D eigenvalue weighted by atomic mass is 10.3. The summed E-state index contributed by atoms with van der Waals surface area (Å²) in [5.74, 6) is 0.788. The molecule has 1 atom stereocenters. The molecule has 1 unspecified atom stereocenters. The van der Waals surface area contributed by atoms with Gasteiger partial charge in [0.25, 0.3) is 0 Å². The van der Waals surface area contributed by atoms with E-state index in [4.69, 9.17) is 16.3 Å². The second-order valence-electron chi connectivity index (χ2n) is 2.31. The molecule has 1 nitrogen and oxygen atoms in total. The molecule has 1 aromatic rings. The highest BCUT2D eigenvalue weighted by atomic mass is 35.5. The number of hydrogen-bond donors (Lipinski definition) is 0. The third-order valence-electron chi connectivity index (χ3n) is 1.34. The molecule has 1 rings (SSSR count). The van der Waals surface area contributed by atoms with Crippen LogP contribution in [0.5, 0.6) is 5.75 Å². The van der Waals surface area contributed by atoms with Crippen molar-refractivity contribution in [2.75, 3.05) is 0 Å². The van der Waals surface area contributed by atoms with Crippen molar-refractivity contribution in [3.05, 3.63) is 42.5 Å². The second-order valence-corrected chi connectivity index (χ2v) is 2.74. The Morgan fingerprint density at radius 1 is 1.33 bits per heavy atom. The molecule has 0 aliphatic heterocycles. The number of ether oxygens (including phenoxy) is 1. The summed E-state index contributed by atoms with van der Waals surface area (Å²) in [6, 6.07) is 9.51. The predicted octanol–water partition coefficient (Wildman–Crippen LogP) is 3.21. The summed E-state index contributed by atoms with van der Waals surface area (Å²) in [7, 11) is 0. The van der Waals surface area contributed by atoms with Crippen molar-refractivity contribution in [2.45, 2.75) is 12.5 Å². The van der Waals surface area contributed by atoms with Crippen LogP contribution in [-0.2, 0) is 0 Å². The third kappa shape index (κ3) is 2.97. The zero-order valence-electron chi connectivity index (χ0n) is 6.91.